The monoisotopic (exact) mass is 299 g/mol. The number of hydrogen-bond acceptors (Lipinski definition) is 4. The van der Waals surface area contributed by atoms with E-state index in [2.05, 4.69) is 10.6 Å². The maximum Gasteiger partial charge on any atom is 0.293 e. The van der Waals surface area contributed by atoms with Crippen LogP contribution in [0.4, 0.5) is 11.4 Å². The standard InChI is InChI=1S/C16H17N3O3/c1-11(12-6-4-3-5-7-12)18-16(20)13-8-9-14(17-2)15(10-13)19(21)22/h3-11,17H,1-2H3,(H,18,20). The highest BCUT2D eigenvalue weighted by atomic mass is 16.6. The molecule has 0 aliphatic rings. The summed E-state index contributed by atoms with van der Waals surface area (Å²) in [5, 5.41) is 16.6. The average Bonchev–Trinajstić information content (AvgIpc) is 2.54. The molecule has 6 heteroatoms. The van der Waals surface area contributed by atoms with E-state index < -0.39 is 4.92 Å². The van der Waals surface area contributed by atoms with Crippen LogP contribution < -0.4 is 10.6 Å². The van der Waals surface area contributed by atoms with Crippen LogP contribution in [0.1, 0.15) is 28.9 Å². The van der Waals surface area contributed by atoms with Gasteiger partial charge in [-0.15, -0.1) is 0 Å². The van der Waals surface area contributed by atoms with Crippen molar-refractivity contribution in [2.24, 2.45) is 0 Å². The molecule has 1 atom stereocenters. The van der Waals surface area contributed by atoms with Gasteiger partial charge in [0.25, 0.3) is 11.6 Å². The number of benzene rings is 2. The summed E-state index contributed by atoms with van der Waals surface area (Å²) in [5.74, 6) is -0.345. The molecule has 0 spiro atoms. The topological polar surface area (TPSA) is 84.3 Å². The van der Waals surface area contributed by atoms with Gasteiger partial charge in [0, 0.05) is 18.7 Å². The predicted octanol–water partition coefficient (Wildman–Crippen LogP) is 3.13. The Morgan fingerprint density at radius 3 is 2.45 bits per heavy atom. The number of carbonyl (C=O) groups excluding carboxylic acids is 1. The largest absolute Gasteiger partial charge is 0.383 e. The minimum absolute atomic E-state index is 0.123. The summed E-state index contributed by atoms with van der Waals surface area (Å²) in [4.78, 5) is 22.8. The molecule has 0 saturated carbocycles. The number of nitrogens with one attached hydrogen (secondary N) is 2. The fourth-order valence-corrected chi connectivity index (χ4v) is 2.14. The number of hydrogen-bond donors (Lipinski definition) is 2. The molecule has 0 saturated heterocycles. The molecule has 2 aromatic rings. The van der Waals surface area contributed by atoms with Gasteiger partial charge in [0.1, 0.15) is 5.69 Å². The van der Waals surface area contributed by atoms with E-state index in [0.717, 1.165) is 5.56 Å². The third kappa shape index (κ3) is 3.41. The molecule has 2 rings (SSSR count). The van der Waals surface area contributed by atoms with Crippen molar-refractivity contribution >= 4 is 17.3 Å². The van der Waals surface area contributed by atoms with Crippen LogP contribution in [0.15, 0.2) is 48.5 Å². The van der Waals surface area contributed by atoms with Crippen LogP contribution >= 0.6 is 0 Å². The maximum atomic E-state index is 12.2. The van der Waals surface area contributed by atoms with Crippen LogP contribution in [0.5, 0.6) is 0 Å². The van der Waals surface area contributed by atoms with E-state index in [-0.39, 0.29) is 23.2 Å². The zero-order valence-corrected chi connectivity index (χ0v) is 12.4. The van der Waals surface area contributed by atoms with Crippen molar-refractivity contribution in [3.63, 3.8) is 0 Å². The Morgan fingerprint density at radius 2 is 1.86 bits per heavy atom. The first-order chi connectivity index (χ1) is 10.5. The zero-order valence-electron chi connectivity index (χ0n) is 12.4. The summed E-state index contributed by atoms with van der Waals surface area (Å²) >= 11 is 0. The molecular formula is C16H17N3O3. The number of anilines is 1. The maximum absolute atomic E-state index is 12.2. The van der Waals surface area contributed by atoms with Gasteiger partial charge in [-0.3, -0.25) is 14.9 Å². The Labute approximate surface area is 128 Å². The third-order valence-electron chi connectivity index (χ3n) is 3.37. The fraction of sp³-hybridized carbons (Fsp3) is 0.188. The van der Waals surface area contributed by atoms with Crippen LogP contribution in [-0.2, 0) is 0 Å². The molecule has 0 heterocycles. The van der Waals surface area contributed by atoms with Crippen molar-refractivity contribution < 1.29 is 9.72 Å². The van der Waals surface area contributed by atoms with E-state index in [1.165, 1.54) is 12.1 Å². The molecule has 0 bridgehead atoms. The summed E-state index contributed by atoms with van der Waals surface area (Å²) in [6.07, 6.45) is 0. The minimum atomic E-state index is -0.511. The van der Waals surface area contributed by atoms with Crippen LogP contribution in [0.2, 0.25) is 0 Å². The first-order valence-corrected chi connectivity index (χ1v) is 6.85. The van der Waals surface area contributed by atoms with Gasteiger partial charge in [0.2, 0.25) is 0 Å². The SMILES string of the molecule is CNc1ccc(C(=O)NC(C)c2ccccc2)cc1[N+](=O)[O-]. The van der Waals surface area contributed by atoms with Crippen LogP contribution in [0.25, 0.3) is 0 Å². The summed E-state index contributed by atoms with van der Waals surface area (Å²) in [6, 6.07) is 13.7. The molecule has 2 aromatic carbocycles. The molecule has 0 radical (unpaired) electrons. The normalized spacial score (nSPS) is 11.5. The highest BCUT2D eigenvalue weighted by Crippen LogP contribution is 2.25. The van der Waals surface area contributed by atoms with Crippen molar-refractivity contribution in [3.8, 4) is 0 Å². The van der Waals surface area contributed by atoms with Crippen LogP contribution in [0.3, 0.4) is 0 Å². The Kier molecular flexibility index (Phi) is 4.73. The molecule has 2 N–H and O–H groups in total. The van der Waals surface area contributed by atoms with Gasteiger partial charge in [-0.2, -0.15) is 0 Å². The lowest BCUT2D eigenvalue weighted by Crippen LogP contribution is -2.26. The van der Waals surface area contributed by atoms with Crippen molar-refractivity contribution in [3.05, 3.63) is 69.8 Å². The Balaban J connectivity index is 2.19. The van der Waals surface area contributed by atoms with E-state index in [1.54, 1.807) is 13.1 Å². The molecule has 114 valence electrons. The van der Waals surface area contributed by atoms with Gasteiger partial charge in [-0.1, -0.05) is 30.3 Å². The van der Waals surface area contributed by atoms with Gasteiger partial charge in [0.15, 0.2) is 0 Å². The zero-order chi connectivity index (χ0) is 16.1. The Morgan fingerprint density at radius 1 is 1.18 bits per heavy atom. The number of rotatable bonds is 5. The second kappa shape index (κ2) is 6.71. The lowest BCUT2D eigenvalue weighted by molar-refractivity contribution is -0.384. The molecule has 6 nitrogen and oxygen atoms in total. The van der Waals surface area contributed by atoms with Crippen LogP contribution in [0, 0.1) is 10.1 Å². The lowest BCUT2D eigenvalue weighted by atomic mass is 10.1. The molecule has 0 aliphatic carbocycles. The lowest BCUT2D eigenvalue weighted by Gasteiger charge is -2.14. The molecule has 0 fully saturated rings. The van der Waals surface area contributed by atoms with Crippen LogP contribution in [-0.4, -0.2) is 17.9 Å². The molecule has 1 amide bonds. The summed E-state index contributed by atoms with van der Waals surface area (Å²) in [5.41, 5.74) is 1.48. The summed E-state index contributed by atoms with van der Waals surface area (Å²) < 4.78 is 0. The van der Waals surface area contributed by atoms with E-state index in [4.69, 9.17) is 0 Å². The van der Waals surface area contributed by atoms with E-state index in [9.17, 15) is 14.9 Å². The fourth-order valence-electron chi connectivity index (χ4n) is 2.14. The molecular weight excluding hydrogens is 282 g/mol. The Hall–Kier alpha value is -2.89. The summed E-state index contributed by atoms with van der Waals surface area (Å²) in [7, 11) is 1.60. The predicted molar refractivity (Wildman–Crippen MR) is 85.0 cm³/mol. The van der Waals surface area contributed by atoms with E-state index >= 15 is 0 Å². The number of carbonyl (C=O) groups is 1. The number of nitrogens with zero attached hydrogens (tertiary/aromatic N) is 1. The van der Waals surface area contributed by atoms with E-state index in [1.807, 2.05) is 37.3 Å². The average molecular weight is 299 g/mol. The van der Waals surface area contributed by atoms with Gasteiger partial charge < -0.3 is 10.6 Å². The van der Waals surface area contributed by atoms with Crippen molar-refractivity contribution in [2.75, 3.05) is 12.4 Å². The number of nitro groups is 1. The van der Waals surface area contributed by atoms with Crippen molar-refractivity contribution in [2.45, 2.75) is 13.0 Å². The molecule has 22 heavy (non-hydrogen) atoms. The van der Waals surface area contributed by atoms with Gasteiger partial charge in [-0.25, -0.2) is 0 Å². The smallest absolute Gasteiger partial charge is 0.293 e. The molecule has 0 aliphatic heterocycles. The first-order valence-electron chi connectivity index (χ1n) is 6.85. The second-order valence-electron chi connectivity index (χ2n) is 4.84. The van der Waals surface area contributed by atoms with E-state index in [0.29, 0.717) is 5.69 Å². The molecule has 1 unspecified atom stereocenters. The van der Waals surface area contributed by atoms with Crippen molar-refractivity contribution in [1.82, 2.24) is 5.32 Å². The van der Waals surface area contributed by atoms with Gasteiger partial charge in [-0.05, 0) is 24.6 Å². The van der Waals surface area contributed by atoms with Crippen molar-refractivity contribution in [1.29, 1.82) is 0 Å². The molecule has 0 aromatic heterocycles. The second-order valence-corrected chi connectivity index (χ2v) is 4.84. The number of nitro benzene ring substituents is 1. The van der Waals surface area contributed by atoms with Gasteiger partial charge in [0.05, 0.1) is 11.0 Å². The summed E-state index contributed by atoms with van der Waals surface area (Å²) in [6.45, 7) is 1.86. The minimum Gasteiger partial charge on any atom is -0.383 e. The third-order valence-corrected chi connectivity index (χ3v) is 3.37. The van der Waals surface area contributed by atoms with Gasteiger partial charge >= 0.3 is 0 Å². The highest BCUT2D eigenvalue weighted by Gasteiger charge is 2.18. The quantitative estimate of drug-likeness (QED) is 0.656. The first kappa shape index (κ1) is 15.5. The number of amides is 1. The Bertz CT molecular complexity index is 686. The highest BCUT2D eigenvalue weighted by molar-refractivity contribution is 5.96.